The third-order valence-electron chi connectivity index (χ3n) is 3.36. The molecule has 5 nitrogen and oxygen atoms in total. The Morgan fingerprint density at radius 1 is 1.12 bits per heavy atom. The minimum Gasteiger partial charge on any atom is -0.350 e. The van der Waals surface area contributed by atoms with Gasteiger partial charge in [0.25, 0.3) is 11.8 Å². The summed E-state index contributed by atoms with van der Waals surface area (Å²) in [6.07, 6.45) is 0. The zero-order valence-corrected chi connectivity index (χ0v) is 16.5. The van der Waals surface area contributed by atoms with Crippen LogP contribution in [0.5, 0.6) is 0 Å². The lowest BCUT2D eigenvalue weighted by Gasteiger charge is -2.12. The van der Waals surface area contributed by atoms with Crippen molar-refractivity contribution >= 4 is 51.8 Å². The third kappa shape index (κ3) is 4.30. The normalized spacial score (nSPS) is 10.8. The van der Waals surface area contributed by atoms with Crippen LogP contribution in [0.3, 0.4) is 0 Å². The van der Waals surface area contributed by atoms with Crippen molar-refractivity contribution in [2.75, 3.05) is 5.32 Å². The zero-order chi connectivity index (χ0) is 18.7. The van der Waals surface area contributed by atoms with Crippen LogP contribution in [0.2, 0.25) is 4.34 Å². The highest BCUT2D eigenvalue weighted by atomic mass is 35.5. The van der Waals surface area contributed by atoms with E-state index in [0.717, 1.165) is 9.88 Å². The van der Waals surface area contributed by atoms with Crippen LogP contribution in [-0.4, -0.2) is 22.8 Å². The number of rotatable bonds is 5. The number of thiophene rings is 1. The van der Waals surface area contributed by atoms with E-state index in [1.807, 2.05) is 19.9 Å². The lowest BCUT2D eigenvalue weighted by atomic mass is 10.1. The molecule has 3 aromatic rings. The van der Waals surface area contributed by atoms with E-state index in [4.69, 9.17) is 11.6 Å². The van der Waals surface area contributed by atoms with Crippen LogP contribution in [0.1, 0.15) is 34.7 Å². The Bertz CT molecular complexity index is 949. The Balaban J connectivity index is 1.79. The Hall–Kier alpha value is -2.22. The monoisotopic (exact) mass is 405 g/mol. The summed E-state index contributed by atoms with van der Waals surface area (Å²) < 4.78 is 0.672. The van der Waals surface area contributed by atoms with Crippen LogP contribution < -0.4 is 10.6 Å². The predicted molar refractivity (Wildman–Crippen MR) is 107 cm³/mol. The number of aromatic nitrogens is 1. The van der Waals surface area contributed by atoms with E-state index in [-0.39, 0.29) is 17.9 Å². The second-order valence-electron chi connectivity index (χ2n) is 5.77. The first-order valence-corrected chi connectivity index (χ1v) is 9.94. The van der Waals surface area contributed by atoms with Gasteiger partial charge < -0.3 is 10.6 Å². The quantitative estimate of drug-likeness (QED) is 0.633. The number of amides is 2. The smallest absolute Gasteiger partial charge is 0.275 e. The Morgan fingerprint density at radius 3 is 2.58 bits per heavy atom. The van der Waals surface area contributed by atoms with Gasteiger partial charge >= 0.3 is 0 Å². The average molecular weight is 406 g/mol. The average Bonchev–Trinajstić information content (AvgIpc) is 3.23. The van der Waals surface area contributed by atoms with E-state index in [0.29, 0.717) is 21.3 Å². The summed E-state index contributed by atoms with van der Waals surface area (Å²) in [5, 5.41) is 8.02. The van der Waals surface area contributed by atoms with E-state index < -0.39 is 0 Å². The SMILES string of the molecule is CC(C)NC(=O)c1ccccc1NC(=O)c1csc(-c2ccc(Cl)s2)n1. The van der Waals surface area contributed by atoms with Gasteiger partial charge in [-0.3, -0.25) is 9.59 Å². The van der Waals surface area contributed by atoms with Gasteiger partial charge in [-0.2, -0.15) is 0 Å². The molecule has 8 heteroatoms. The van der Waals surface area contributed by atoms with Crippen LogP contribution >= 0.6 is 34.3 Å². The van der Waals surface area contributed by atoms with E-state index in [1.54, 1.807) is 35.7 Å². The molecular formula is C18H16ClN3O2S2. The van der Waals surface area contributed by atoms with E-state index in [1.165, 1.54) is 22.7 Å². The van der Waals surface area contributed by atoms with Crippen LogP contribution in [0.4, 0.5) is 5.69 Å². The van der Waals surface area contributed by atoms with E-state index in [2.05, 4.69) is 15.6 Å². The topological polar surface area (TPSA) is 71.1 Å². The number of carbonyl (C=O) groups is 2. The number of nitrogens with zero attached hydrogens (tertiary/aromatic N) is 1. The lowest BCUT2D eigenvalue weighted by molar-refractivity contribution is 0.0944. The molecule has 0 bridgehead atoms. The van der Waals surface area contributed by atoms with Gasteiger partial charge in [0, 0.05) is 11.4 Å². The van der Waals surface area contributed by atoms with Crippen LogP contribution in [0, 0.1) is 0 Å². The van der Waals surface area contributed by atoms with Crippen molar-refractivity contribution in [3.63, 3.8) is 0 Å². The van der Waals surface area contributed by atoms with Gasteiger partial charge in [0.15, 0.2) is 0 Å². The molecule has 1 aromatic carbocycles. The zero-order valence-electron chi connectivity index (χ0n) is 14.1. The minimum absolute atomic E-state index is 0.00461. The summed E-state index contributed by atoms with van der Waals surface area (Å²) in [4.78, 5) is 30.1. The molecular weight excluding hydrogens is 390 g/mol. The molecule has 2 N–H and O–H groups in total. The first kappa shape index (κ1) is 18.6. The molecule has 2 amide bonds. The molecule has 0 atom stereocenters. The summed E-state index contributed by atoms with van der Waals surface area (Å²) in [5.74, 6) is -0.594. The van der Waals surface area contributed by atoms with E-state index in [9.17, 15) is 9.59 Å². The fourth-order valence-corrected chi connectivity index (χ4v) is 4.15. The van der Waals surface area contributed by atoms with Crippen LogP contribution in [0.15, 0.2) is 41.8 Å². The number of benzene rings is 1. The predicted octanol–water partition coefficient (Wildman–Crippen LogP) is 4.92. The van der Waals surface area contributed by atoms with Crippen molar-refractivity contribution in [2.24, 2.45) is 0 Å². The number of para-hydroxylation sites is 1. The number of halogens is 1. The second-order valence-corrected chi connectivity index (χ2v) is 8.34. The summed E-state index contributed by atoms with van der Waals surface area (Å²) in [7, 11) is 0. The van der Waals surface area contributed by atoms with Gasteiger partial charge in [-0.05, 0) is 38.1 Å². The Kier molecular flexibility index (Phi) is 5.70. The molecule has 0 unspecified atom stereocenters. The molecule has 3 rings (SSSR count). The standard InChI is InChI=1S/C18H16ClN3O2S2/c1-10(2)20-16(23)11-5-3-4-6-12(11)21-17(24)13-9-25-18(22-13)14-7-8-15(19)26-14/h3-10H,1-2H3,(H,20,23)(H,21,24). The van der Waals surface area contributed by atoms with Gasteiger partial charge in [-0.1, -0.05) is 23.7 Å². The number of nitrogens with one attached hydrogen (secondary N) is 2. The highest BCUT2D eigenvalue weighted by Gasteiger charge is 2.17. The van der Waals surface area contributed by atoms with E-state index >= 15 is 0 Å². The van der Waals surface area contributed by atoms with Crippen molar-refractivity contribution in [3.8, 4) is 9.88 Å². The van der Waals surface area contributed by atoms with Gasteiger partial charge in [0.1, 0.15) is 10.7 Å². The van der Waals surface area contributed by atoms with Crippen molar-refractivity contribution < 1.29 is 9.59 Å². The lowest BCUT2D eigenvalue weighted by Crippen LogP contribution is -2.31. The van der Waals surface area contributed by atoms with Gasteiger partial charge in [-0.25, -0.2) is 4.98 Å². The molecule has 134 valence electrons. The molecule has 26 heavy (non-hydrogen) atoms. The molecule has 0 aliphatic carbocycles. The van der Waals surface area contributed by atoms with Crippen LogP contribution in [-0.2, 0) is 0 Å². The summed E-state index contributed by atoms with van der Waals surface area (Å²) in [6, 6.07) is 10.6. The first-order valence-electron chi connectivity index (χ1n) is 7.86. The molecule has 0 fully saturated rings. The molecule has 0 aliphatic heterocycles. The van der Waals surface area contributed by atoms with Gasteiger partial charge in [-0.15, -0.1) is 22.7 Å². The van der Waals surface area contributed by atoms with Crippen LogP contribution in [0.25, 0.3) is 9.88 Å². The first-order chi connectivity index (χ1) is 12.4. The minimum atomic E-state index is -0.361. The molecule has 0 saturated heterocycles. The molecule has 0 aliphatic rings. The number of anilines is 1. The number of hydrogen-bond donors (Lipinski definition) is 2. The fourth-order valence-electron chi connectivity index (χ4n) is 2.24. The van der Waals surface area contributed by atoms with Crippen molar-refractivity contribution in [1.29, 1.82) is 0 Å². The maximum Gasteiger partial charge on any atom is 0.275 e. The van der Waals surface area contributed by atoms with Crippen molar-refractivity contribution in [1.82, 2.24) is 10.3 Å². The Labute approximate surface area is 164 Å². The maximum atomic E-state index is 12.5. The molecule has 0 radical (unpaired) electrons. The molecule has 0 saturated carbocycles. The summed E-state index contributed by atoms with van der Waals surface area (Å²) >= 11 is 8.73. The van der Waals surface area contributed by atoms with Gasteiger partial charge in [0.2, 0.25) is 0 Å². The number of carbonyl (C=O) groups excluding carboxylic acids is 2. The molecule has 2 heterocycles. The maximum absolute atomic E-state index is 12.5. The summed E-state index contributed by atoms with van der Waals surface area (Å²) in [5.41, 5.74) is 1.16. The second kappa shape index (κ2) is 7.99. The number of thiazole rings is 1. The van der Waals surface area contributed by atoms with Crippen molar-refractivity contribution in [3.05, 3.63) is 57.4 Å². The molecule has 0 spiro atoms. The molecule has 2 aromatic heterocycles. The largest absolute Gasteiger partial charge is 0.350 e. The highest BCUT2D eigenvalue weighted by molar-refractivity contribution is 7.23. The summed E-state index contributed by atoms with van der Waals surface area (Å²) in [6.45, 7) is 3.76. The fraction of sp³-hybridized carbons (Fsp3) is 0.167. The highest BCUT2D eigenvalue weighted by Crippen LogP contribution is 2.33. The van der Waals surface area contributed by atoms with Crippen molar-refractivity contribution in [2.45, 2.75) is 19.9 Å². The van der Waals surface area contributed by atoms with Gasteiger partial charge in [0.05, 0.1) is 20.5 Å². The number of hydrogen-bond acceptors (Lipinski definition) is 5. The Morgan fingerprint density at radius 2 is 1.88 bits per heavy atom. The third-order valence-corrected chi connectivity index (χ3v) is 5.60.